The number of carbonyl (C=O) groups excluding carboxylic acids is 2. The van der Waals surface area contributed by atoms with Crippen molar-refractivity contribution in [3.05, 3.63) is 58.9 Å². The first-order valence-corrected chi connectivity index (χ1v) is 11.4. The van der Waals surface area contributed by atoms with Crippen LogP contribution in [0.1, 0.15) is 40.7 Å². The second-order valence-corrected chi connectivity index (χ2v) is 9.80. The molecule has 1 amide bonds. The normalized spacial score (nSPS) is 18.0. The summed E-state index contributed by atoms with van der Waals surface area (Å²) in [5, 5.41) is 2.57. The molecule has 1 saturated heterocycles. The van der Waals surface area contributed by atoms with Gasteiger partial charge in [-0.05, 0) is 43.9 Å². The molecule has 0 unspecified atom stereocenters. The van der Waals surface area contributed by atoms with Crippen molar-refractivity contribution in [2.24, 2.45) is 5.92 Å². The van der Waals surface area contributed by atoms with Crippen molar-refractivity contribution in [2.45, 2.75) is 37.5 Å². The predicted molar refractivity (Wildman–Crippen MR) is 110 cm³/mol. The summed E-state index contributed by atoms with van der Waals surface area (Å²) in [4.78, 5) is 23.8. The number of aryl methyl sites for hydroxylation is 2. The first kappa shape index (κ1) is 20.7. The molecule has 0 spiro atoms. The number of hydrogen-bond donors (Lipinski definition) is 1. The Balaban J connectivity index is 1.50. The number of halogens is 1. The molecule has 8 heteroatoms. The molecule has 2 aliphatic heterocycles. The van der Waals surface area contributed by atoms with Crippen LogP contribution >= 0.6 is 0 Å². The number of sulfonamides is 1. The Morgan fingerprint density at radius 2 is 1.77 bits per heavy atom. The quantitative estimate of drug-likeness (QED) is 0.755. The van der Waals surface area contributed by atoms with Gasteiger partial charge < -0.3 is 5.32 Å². The Kier molecular flexibility index (Phi) is 5.46. The van der Waals surface area contributed by atoms with Gasteiger partial charge in [0, 0.05) is 36.7 Å². The van der Waals surface area contributed by atoms with Gasteiger partial charge >= 0.3 is 0 Å². The third kappa shape index (κ3) is 3.89. The van der Waals surface area contributed by atoms with Crippen molar-refractivity contribution < 1.29 is 22.4 Å². The summed E-state index contributed by atoms with van der Waals surface area (Å²) in [5.41, 5.74) is 2.63. The molecule has 2 aliphatic rings. The molecule has 2 heterocycles. The van der Waals surface area contributed by atoms with E-state index in [1.807, 2.05) is 19.1 Å². The van der Waals surface area contributed by atoms with Crippen molar-refractivity contribution in [1.82, 2.24) is 4.31 Å². The van der Waals surface area contributed by atoms with Crippen LogP contribution in [0.15, 0.2) is 41.3 Å². The fourth-order valence-electron chi connectivity index (χ4n) is 4.03. The summed E-state index contributed by atoms with van der Waals surface area (Å²) in [6, 6.07) is 9.75. The summed E-state index contributed by atoms with van der Waals surface area (Å²) in [5.74, 6) is -1.32. The minimum atomic E-state index is -4.02. The van der Waals surface area contributed by atoms with Gasteiger partial charge in [0.1, 0.15) is 10.7 Å². The number of ketones is 1. The second-order valence-electron chi connectivity index (χ2n) is 7.90. The number of nitrogens with zero attached hydrogens (tertiary/aromatic N) is 1. The maximum atomic E-state index is 14.6. The third-order valence-electron chi connectivity index (χ3n) is 5.83. The lowest BCUT2D eigenvalue weighted by Gasteiger charge is -2.31. The number of Topliss-reactive ketones (excluding diaryl/α,β-unsaturated/α-hetero) is 1. The number of piperidine rings is 1. The van der Waals surface area contributed by atoms with Crippen LogP contribution in [0.4, 0.5) is 10.1 Å². The highest BCUT2D eigenvalue weighted by atomic mass is 32.2. The molecule has 0 bridgehead atoms. The second kappa shape index (κ2) is 7.92. The number of hydrogen-bond acceptors (Lipinski definition) is 4. The SMILES string of the molecule is Cc1ccc(C(=O)C2CCN(S(=O)(=O)c3cc4c(cc3F)NC(=O)CC4)CC2)cc1. The lowest BCUT2D eigenvalue weighted by atomic mass is 9.89. The van der Waals surface area contributed by atoms with Crippen molar-refractivity contribution >= 4 is 27.4 Å². The van der Waals surface area contributed by atoms with Crippen LogP contribution in [0.3, 0.4) is 0 Å². The molecule has 30 heavy (non-hydrogen) atoms. The van der Waals surface area contributed by atoms with E-state index in [1.165, 1.54) is 10.4 Å². The van der Waals surface area contributed by atoms with E-state index in [4.69, 9.17) is 0 Å². The lowest BCUT2D eigenvalue weighted by molar-refractivity contribution is -0.116. The molecule has 0 saturated carbocycles. The summed E-state index contributed by atoms with van der Waals surface area (Å²) < 4.78 is 42.0. The highest BCUT2D eigenvalue weighted by Gasteiger charge is 2.34. The van der Waals surface area contributed by atoms with Crippen LogP contribution < -0.4 is 5.32 Å². The van der Waals surface area contributed by atoms with Crippen molar-refractivity contribution in [2.75, 3.05) is 18.4 Å². The average Bonchev–Trinajstić information content (AvgIpc) is 2.73. The largest absolute Gasteiger partial charge is 0.326 e. The van der Waals surface area contributed by atoms with E-state index < -0.39 is 15.8 Å². The third-order valence-corrected chi connectivity index (χ3v) is 7.75. The van der Waals surface area contributed by atoms with Gasteiger partial charge in [-0.3, -0.25) is 9.59 Å². The van der Waals surface area contributed by atoms with Crippen LogP contribution in [-0.4, -0.2) is 37.5 Å². The van der Waals surface area contributed by atoms with Crippen molar-refractivity contribution in [1.29, 1.82) is 0 Å². The van der Waals surface area contributed by atoms with Crippen molar-refractivity contribution in [3.8, 4) is 0 Å². The van der Waals surface area contributed by atoms with Crippen LogP contribution in [0.2, 0.25) is 0 Å². The molecule has 0 aromatic heterocycles. The van der Waals surface area contributed by atoms with Gasteiger partial charge in [-0.2, -0.15) is 4.31 Å². The fraction of sp³-hybridized carbons (Fsp3) is 0.364. The van der Waals surface area contributed by atoms with E-state index in [1.54, 1.807) is 12.1 Å². The van der Waals surface area contributed by atoms with Gasteiger partial charge in [0.2, 0.25) is 15.9 Å². The summed E-state index contributed by atoms with van der Waals surface area (Å²) in [6.45, 7) is 2.28. The van der Waals surface area contributed by atoms with E-state index in [0.717, 1.165) is 11.6 Å². The highest BCUT2D eigenvalue weighted by molar-refractivity contribution is 7.89. The predicted octanol–water partition coefficient (Wildman–Crippen LogP) is 3.30. The van der Waals surface area contributed by atoms with E-state index in [0.29, 0.717) is 36.1 Å². The Labute approximate surface area is 175 Å². The molecular formula is C22H23FN2O4S. The van der Waals surface area contributed by atoms with Crippen LogP contribution in [0, 0.1) is 18.7 Å². The Bertz CT molecular complexity index is 1100. The maximum Gasteiger partial charge on any atom is 0.245 e. The van der Waals surface area contributed by atoms with Gasteiger partial charge in [-0.15, -0.1) is 0 Å². The van der Waals surface area contributed by atoms with Gasteiger partial charge in [-0.25, -0.2) is 12.8 Å². The average molecular weight is 431 g/mol. The number of benzene rings is 2. The standard InChI is InChI=1S/C22H23FN2O4S/c1-14-2-4-15(5-3-14)22(27)16-8-10-25(11-9-16)30(28,29)20-12-17-6-7-21(26)24-19(17)13-18(20)23/h2-5,12-13,16H,6-11H2,1H3,(H,24,26). The zero-order chi connectivity index (χ0) is 21.5. The van der Waals surface area contributed by atoms with Crippen molar-refractivity contribution in [3.63, 3.8) is 0 Å². The molecule has 4 rings (SSSR count). The molecule has 1 N–H and O–H groups in total. The van der Waals surface area contributed by atoms with E-state index >= 15 is 0 Å². The molecule has 2 aromatic carbocycles. The fourth-order valence-corrected chi connectivity index (χ4v) is 5.59. The van der Waals surface area contributed by atoms with Gasteiger partial charge in [-0.1, -0.05) is 29.8 Å². The Morgan fingerprint density at radius 3 is 2.43 bits per heavy atom. The summed E-state index contributed by atoms with van der Waals surface area (Å²) in [6.07, 6.45) is 1.41. The molecule has 0 aliphatic carbocycles. The molecule has 0 atom stereocenters. The van der Waals surface area contributed by atoms with Crippen LogP contribution in [-0.2, 0) is 21.2 Å². The highest BCUT2D eigenvalue weighted by Crippen LogP contribution is 2.32. The van der Waals surface area contributed by atoms with Gasteiger partial charge in [0.05, 0.1) is 0 Å². The number of carbonyl (C=O) groups is 2. The molecule has 0 radical (unpaired) electrons. The number of anilines is 1. The first-order valence-electron chi connectivity index (χ1n) is 9.99. The number of nitrogens with one attached hydrogen (secondary N) is 1. The van der Waals surface area contributed by atoms with Gasteiger partial charge in [0.15, 0.2) is 5.78 Å². The van der Waals surface area contributed by atoms with Gasteiger partial charge in [0.25, 0.3) is 0 Å². The topological polar surface area (TPSA) is 83.6 Å². The van der Waals surface area contributed by atoms with E-state index in [9.17, 15) is 22.4 Å². The van der Waals surface area contributed by atoms with E-state index in [2.05, 4.69) is 5.32 Å². The lowest BCUT2D eigenvalue weighted by Crippen LogP contribution is -2.40. The molecule has 2 aromatic rings. The monoisotopic (exact) mass is 430 g/mol. The maximum absolute atomic E-state index is 14.6. The summed E-state index contributed by atoms with van der Waals surface area (Å²) >= 11 is 0. The Morgan fingerprint density at radius 1 is 1.10 bits per heavy atom. The van der Waals surface area contributed by atoms with Crippen LogP contribution in [0.5, 0.6) is 0 Å². The molecule has 1 fully saturated rings. The van der Waals surface area contributed by atoms with Crippen LogP contribution in [0.25, 0.3) is 0 Å². The Hall–Kier alpha value is -2.58. The first-order chi connectivity index (χ1) is 14.3. The number of fused-ring (bicyclic) bond motifs is 1. The minimum absolute atomic E-state index is 0.0164. The molecular weight excluding hydrogens is 407 g/mol. The summed E-state index contributed by atoms with van der Waals surface area (Å²) in [7, 11) is -4.02. The number of rotatable bonds is 4. The zero-order valence-electron chi connectivity index (χ0n) is 16.7. The molecule has 6 nitrogen and oxygen atoms in total. The van der Waals surface area contributed by atoms with E-state index in [-0.39, 0.29) is 42.0 Å². The molecule has 158 valence electrons. The minimum Gasteiger partial charge on any atom is -0.326 e. The number of amides is 1. The zero-order valence-corrected chi connectivity index (χ0v) is 17.5. The smallest absolute Gasteiger partial charge is 0.245 e.